The monoisotopic (exact) mass is 304 g/mol. The quantitative estimate of drug-likeness (QED) is 0.854. The van der Waals surface area contributed by atoms with Gasteiger partial charge in [-0.3, -0.25) is 4.79 Å². The lowest BCUT2D eigenvalue weighted by Gasteiger charge is -2.20. The van der Waals surface area contributed by atoms with E-state index in [1.165, 1.54) is 5.56 Å². The van der Waals surface area contributed by atoms with Crippen molar-refractivity contribution in [2.24, 2.45) is 0 Å². The number of carboxylic acids is 1. The Bertz CT molecular complexity index is 583. The van der Waals surface area contributed by atoms with Crippen molar-refractivity contribution in [2.45, 2.75) is 25.8 Å². The van der Waals surface area contributed by atoms with Crippen LogP contribution in [0.1, 0.15) is 29.1 Å². The largest absolute Gasteiger partial charge is 0.481 e. The molecule has 0 amide bonds. The van der Waals surface area contributed by atoms with Crippen molar-refractivity contribution in [1.82, 2.24) is 9.88 Å². The van der Waals surface area contributed by atoms with Gasteiger partial charge in [-0.15, -0.1) is 11.3 Å². The van der Waals surface area contributed by atoms with E-state index in [1.807, 2.05) is 23.6 Å². The topological polar surface area (TPSA) is 53.4 Å². The summed E-state index contributed by atoms with van der Waals surface area (Å²) in [5.41, 5.74) is 1.94. The molecule has 2 aromatic rings. The fourth-order valence-corrected chi connectivity index (χ4v) is 3.16. The third kappa shape index (κ3) is 4.95. The van der Waals surface area contributed by atoms with E-state index in [9.17, 15) is 4.79 Å². The molecule has 112 valence electrons. The summed E-state index contributed by atoms with van der Waals surface area (Å²) in [6.07, 6.45) is 0.00305. The van der Waals surface area contributed by atoms with Gasteiger partial charge >= 0.3 is 5.97 Å². The highest BCUT2D eigenvalue weighted by molar-refractivity contribution is 7.09. The summed E-state index contributed by atoms with van der Waals surface area (Å²) in [5, 5.41) is 11.6. The van der Waals surface area contributed by atoms with Crippen molar-refractivity contribution in [3.63, 3.8) is 0 Å². The minimum atomic E-state index is -0.833. The van der Waals surface area contributed by atoms with Crippen molar-refractivity contribution in [3.8, 4) is 0 Å². The first-order valence-corrected chi connectivity index (χ1v) is 7.81. The highest BCUT2D eigenvalue weighted by Gasteiger charge is 2.14. The zero-order valence-electron chi connectivity index (χ0n) is 12.3. The number of thiazole rings is 1. The molecule has 0 aliphatic heterocycles. The molecule has 0 saturated carbocycles. The van der Waals surface area contributed by atoms with Crippen LogP contribution in [0.15, 0.2) is 35.7 Å². The Morgan fingerprint density at radius 3 is 2.76 bits per heavy atom. The molecule has 0 spiro atoms. The Morgan fingerprint density at radius 1 is 1.38 bits per heavy atom. The summed E-state index contributed by atoms with van der Waals surface area (Å²) < 4.78 is 0. The van der Waals surface area contributed by atoms with E-state index < -0.39 is 5.97 Å². The maximum atomic E-state index is 10.7. The molecule has 0 saturated heterocycles. The lowest BCUT2D eigenvalue weighted by Crippen LogP contribution is -2.23. The van der Waals surface area contributed by atoms with E-state index in [0.717, 1.165) is 18.1 Å². The predicted molar refractivity (Wildman–Crippen MR) is 84.6 cm³/mol. The summed E-state index contributed by atoms with van der Waals surface area (Å²) in [7, 11) is 2.09. The molecule has 1 atom stereocenters. The molecule has 1 unspecified atom stereocenters. The van der Waals surface area contributed by atoms with Gasteiger partial charge in [0.15, 0.2) is 0 Å². The molecule has 1 N–H and O–H groups in total. The second-order valence-electron chi connectivity index (χ2n) is 5.33. The first-order chi connectivity index (χ1) is 10.0. The first kappa shape index (κ1) is 15.7. The number of carbonyl (C=O) groups is 1. The van der Waals surface area contributed by atoms with Crippen LogP contribution in [0.3, 0.4) is 0 Å². The molecule has 1 heterocycles. The number of hydrogen-bond acceptors (Lipinski definition) is 4. The molecule has 5 heteroatoms. The Labute approximate surface area is 129 Å². The van der Waals surface area contributed by atoms with Gasteiger partial charge in [-0.05, 0) is 12.6 Å². The summed E-state index contributed by atoms with van der Waals surface area (Å²) in [6.45, 7) is 3.93. The van der Waals surface area contributed by atoms with Crippen LogP contribution >= 0.6 is 11.3 Å². The fourth-order valence-electron chi connectivity index (χ4n) is 2.29. The number of aromatic nitrogens is 1. The number of rotatable bonds is 7. The number of aliphatic carboxylic acids is 1. The second kappa shape index (κ2) is 7.33. The van der Waals surface area contributed by atoms with Gasteiger partial charge in [0.2, 0.25) is 0 Å². The molecule has 0 fully saturated rings. The van der Waals surface area contributed by atoms with Gasteiger partial charge in [-0.1, -0.05) is 37.3 Å². The van der Waals surface area contributed by atoms with Crippen LogP contribution in [0.4, 0.5) is 0 Å². The van der Waals surface area contributed by atoms with Crippen LogP contribution in [0, 0.1) is 0 Å². The molecular formula is C16H20N2O2S. The number of benzene rings is 1. The van der Waals surface area contributed by atoms with Crippen LogP contribution in [0.5, 0.6) is 0 Å². The Morgan fingerprint density at radius 2 is 2.10 bits per heavy atom. The molecule has 21 heavy (non-hydrogen) atoms. The lowest BCUT2D eigenvalue weighted by molar-refractivity contribution is -0.136. The number of carboxylic acid groups (broad SMARTS) is 1. The number of likely N-dealkylation sites (N-methyl/N-ethyl adjacent to an activating group) is 1. The zero-order chi connectivity index (χ0) is 15.2. The average molecular weight is 304 g/mol. The summed E-state index contributed by atoms with van der Waals surface area (Å²) in [4.78, 5) is 17.4. The molecule has 2 rings (SSSR count). The van der Waals surface area contributed by atoms with Crippen LogP contribution in [0.2, 0.25) is 0 Å². The molecule has 0 radical (unpaired) electrons. The van der Waals surface area contributed by atoms with Gasteiger partial charge in [0.05, 0.1) is 17.1 Å². The van der Waals surface area contributed by atoms with Crippen molar-refractivity contribution >= 4 is 17.3 Å². The van der Waals surface area contributed by atoms with E-state index >= 15 is 0 Å². The highest BCUT2D eigenvalue weighted by atomic mass is 32.1. The minimum absolute atomic E-state index is 0.00305. The molecule has 1 aromatic carbocycles. The average Bonchev–Trinajstić information content (AvgIpc) is 2.87. The minimum Gasteiger partial charge on any atom is -0.481 e. The van der Waals surface area contributed by atoms with Gasteiger partial charge < -0.3 is 10.0 Å². The van der Waals surface area contributed by atoms with Gasteiger partial charge in [-0.25, -0.2) is 4.98 Å². The molecule has 0 bridgehead atoms. The van der Waals surface area contributed by atoms with E-state index in [2.05, 4.69) is 36.0 Å². The third-order valence-corrected chi connectivity index (χ3v) is 4.33. The number of hydrogen-bond donors (Lipinski definition) is 1. The number of nitrogens with zero attached hydrogens (tertiary/aromatic N) is 2. The summed E-state index contributed by atoms with van der Waals surface area (Å²) in [5.74, 6) is -0.535. The van der Waals surface area contributed by atoms with Crippen LogP contribution in [-0.4, -0.2) is 34.6 Å². The smallest absolute Gasteiger partial charge is 0.309 e. The maximum absolute atomic E-state index is 10.7. The van der Waals surface area contributed by atoms with Gasteiger partial charge in [0, 0.05) is 24.4 Å². The SMILES string of the molecule is CC(CN(C)Cc1ccccc1)c1nc(CC(=O)O)cs1. The van der Waals surface area contributed by atoms with E-state index in [4.69, 9.17) is 5.11 Å². The summed E-state index contributed by atoms with van der Waals surface area (Å²) >= 11 is 1.55. The fraction of sp³-hybridized carbons (Fsp3) is 0.375. The van der Waals surface area contributed by atoms with E-state index in [0.29, 0.717) is 11.6 Å². The van der Waals surface area contributed by atoms with Gasteiger partial charge in [0.1, 0.15) is 0 Å². The Hall–Kier alpha value is -1.72. The Balaban J connectivity index is 1.89. The molecule has 0 aliphatic carbocycles. The lowest BCUT2D eigenvalue weighted by atomic mass is 10.1. The first-order valence-electron chi connectivity index (χ1n) is 6.93. The van der Waals surface area contributed by atoms with Gasteiger partial charge in [-0.2, -0.15) is 0 Å². The van der Waals surface area contributed by atoms with Crippen molar-refractivity contribution in [2.75, 3.05) is 13.6 Å². The second-order valence-corrected chi connectivity index (χ2v) is 6.22. The molecule has 0 aliphatic rings. The van der Waals surface area contributed by atoms with Crippen molar-refractivity contribution in [1.29, 1.82) is 0 Å². The maximum Gasteiger partial charge on any atom is 0.309 e. The zero-order valence-corrected chi connectivity index (χ0v) is 13.1. The van der Waals surface area contributed by atoms with Crippen LogP contribution in [-0.2, 0) is 17.8 Å². The third-order valence-electron chi connectivity index (χ3n) is 3.20. The molecular weight excluding hydrogens is 284 g/mol. The highest BCUT2D eigenvalue weighted by Crippen LogP contribution is 2.21. The summed E-state index contributed by atoms with van der Waals surface area (Å²) in [6, 6.07) is 10.4. The molecule has 1 aromatic heterocycles. The van der Waals surface area contributed by atoms with Crippen molar-refractivity contribution < 1.29 is 9.90 Å². The predicted octanol–water partition coefficient (Wildman–Crippen LogP) is 3.01. The Kier molecular flexibility index (Phi) is 5.47. The van der Waals surface area contributed by atoms with Crippen LogP contribution in [0.25, 0.3) is 0 Å². The normalized spacial score (nSPS) is 12.5. The van der Waals surface area contributed by atoms with E-state index in [-0.39, 0.29) is 6.42 Å². The molecule has 4 nitrogen and oxygen atoms in total. The van der Waals surface area contributed by atoms with Gasteiger partial charge in [0.25, 0.3) is 0 Å². The van der Waals surface area contributed by atoms with E-state index in [1.54, 1.807) is 11.3 Å². The van der Waals surface area contributed by atoms with Crippen LogP contribution < -0.4 is 0 Å². The van der Waals surface area contributed by atoms with Crippen molar-refractivity contribution in [3.05, 3.63) is 52.0 Å². The standard InChI is InChI=1S/C16H20N2O2S/c1-12(16-17-14(11-21-16)8-15(19)20)9-18(2)10-13-6-4-3-5-7-13/h3-7,11-12H,8-10H2,1-2H3,(H,19,20).